The van der Waals surface area contributed by atoms with Crippen molar-refractivity contribution in [3.8, 4) is 11.3 Å². The van der Waals surface area contributed by atoms with E-state index in [1.165, 1.54) is 12.1 Å². The number of H-pyrrole nitrogens is 1. The van der Waals surface area contributed by atoms with Crippen molar-refractivity contribution in [2.75, 3.05) is 36.5 Å². The second-order valence-corrected chi connectivity index (χ2v) is 7.09. The fourth-order valence-electron chi connectivity index (χ4n) is 3.72. The van der Waals surface area contributed by atoms with Gasteiger partial charge < -0.3 is 19.9 Å². The monoisotopic (exact) mass is 405 g/mol. The zero-order valence-electron chi connectivity index (χ0n) is 16.1. The number of aromatic nitrogens is 3. The number of imidazole rings is 1. The van der Waals surface area contributed by atoms with Gasteiger partial charge in [-0.2, -0.15) is 0 Å². The first-order valence-corrected chi connectivity index (χ1v) is 9.73. The third kappa shape index (κ3) is 3.42. The van der Waals surface area contributed by atoms with Crippen LogP contribution < -0.4 is 15.8 Å². The molecule has 1 aliphatic heterocycles. The normalized spacial score (nSPS) is 14.2. The molecule has 4 heterocycles. The summed E-state index contributed by atoms with van der Waals surface area (Å²) in [5.74, 6) is -0.272. The Morgan fingerprint density at radius 1 is 1.10 bits per heavy atom. The van der Waals surface area contributed by atoms with E-state index in [2.05, 4.69) is 15.3 Å². The van der Waals surface area contributed by atoms with E-state index >= 15 is 0 Å². The van der Waals surface area contributed by atoms with Crippen LogP contribution in [-0.2, 0) is 4.74 Å². The van der Waals surface area contributed by atoms with Crippen LogP contribution in [0.5, 0.6) is 0 Å². The second-order valence-electron chi connectivity index (χ2n) is 7.09. The summed E-state index contributed by atoms with van der Waals surface area (Å²) in [6, 6.07) is 12.2. The number of hydrogen-bond donors (Lipinski definition) is 2. The number of morpholine rings is 1. The number of anilines is 3. The molecule has 0 amide bonds. The largest absolute Gasteiger partial charge is 0.378 e. The predicted molar refractivity (Wildman–Crippen MR) is 114 cm³/mol. The van der Waals surface area contributed by atoms with E-state index in [0.717, 1.165) is 16.9 Å². The van der Waals surface area contributed by atoms with Crippen molar-refractivity contribution in [3.63, 3.8) is 0 Å². The molecular weight excluding hydrogens is 385 g/mol. The zero-order valence-corrected chi connectivity index (χ0v) is 16.1. The Kier molecular flexibility index (Phi) is 4.68. The lowest BCUT2D eigenvalue weighted by atomic mass is 10.1. The van der Waals surface area contributed by atoms with Crippen molar-refractivity contribution in [1.29, 1.82) is 0 Å². The summed E-state index contributed by atoms with van der Waals surface area (Å²) in [6.07, 6.45) is 5.23. The minimum atomic E-state index is -0.272. The molecule has 0 aliphatic carbocycles. The molecule has 8 heteroatoms. The zero-order chi connectivity index (χ0) is 20.5. The minimum Gasteiger partial charge on any atom is -0.378 e. The molecule has 1 fully saturated rings. The van der Waals surface area contributed by atoms with Crippen LogP contribution in [0.1, 0.15) is 0 Å². The number of hydrogen-bond acceptors (Lipinski definition) is 5. The molecule has 3 aromatic heterocycles. The average Bonchev–Trinajstić information content (AvgIpc) is 3.26. The van der Waals surface area contributed by atoms with Crippen LogP contribution in [-0.4, -0.2) is 40.7 Å². The van der Waals surface area contributed by atoms with E-state index in [-0.39, 0.29) is 11.4 Å². The van der Waals surface area contributed by atoms with Crippen LogP contribution in [0, 0.1) is 5.82 Å². The first kappa shape index (κ1) is 18.4. The molecule has 0 radical (unpaired) electrons. The van der Waals surface area contributed by atoms with Gasteiger partial charge in [0.1, 0.15) is 5.82 Å². The van der Waals surface area contributed by atoms with Gasteiger partial charge in [0.05, 0.1) is 30.3 Å². The number of nitrogens with zero attached hydrogens (tertiary/aromatic N) is 3. The van der Waals surface area contributed by atoms with Crippen LogP contribution in [0.4, 0.5) is 21.5 Å². The Labute approximate surface area is 171 Å². The molecule has 0 saturated carbocycles. The fraction of sp³-hybridized carbons (Fsp3) is 0.182. The lowest BCUT2D eigenvalue weighted by Gasteiger charge is -2.29. The van der Waals surface area contributed by atoms with Gasteiger partial charge in [0, 0.05) is 49.0 Å². The van der Waals surface area contributed by atoms with E-state index < -0.39 is 0 Å². The molecule has 0 spiro atoms. The summed E-state index contributed by atoms with van der Waals surface area (Å²) in [6.45, 7) is 2.59. The van der Waals surface area contributed by atoms with Gasteiger partial charge in [0.15, 0.2) is 5.65 Å². The van der Waals surface area contributed by atoms with Gasteiger partial charge in [0.25, 0.3) is 0 Å². The smallest absolute Gasteiger partial charge is 0.247 e. The third-order valence-corrected chi connectivity index (χ3v) is 5.21. The Bertz CT molecular complexity index is 1240. The summed E-state index contributed by atoms with van der Waals surface area (Å²) in [7, 11) is 0. The van der Waals surface area contributed by atoms with Crippen LogP contribution >= 0.6 is 0 Å². The summed E-state index contributed by atoms with van der Waals surface area (Å²) >= 11 is 0. The van der Waals surface area contributed by atoms with E-state index in [1.807, 2.05) is 33.7 Å². The minimum absolute atomic E-state index is 0.151. The number of halogens is 1. The van der Waals surface area contributed by atoms with Gasteiger partial charge in [-0.1, -0.05) is 0 Å². The van der Waals surface area contributed by atoms with Crippen molar-refractivity contribution in [1.82, 2.24) is 14.4 Å². The quantitative estimate of drug-likeness (QED) is 0.544. The van der Waals surface area contributed by atoms with Crippen LogP contribution in [0.15, 0.2) is 65.8 Å². The van der Waals surface area contributed by atoms with E-state index in [0.29, 0.717) is 43.3 Å². The summed E-state index contributed by atoms with van der Waals surface area (Å²) in [5.41, 5.74) is 4.29. The number of benzene rings is 1. The Balaban J connectivity index is 1.45. The summed E-state index contributed by atoms with van der Waals surface area (Å²) in [5, 5.41) is 3.27. The number of aromatic amines is 1. The Hall–Kier alpha value is -3.65. The molecule has 1 aromatic carbocycles. The van der Waals surface area contributed by atoms with Crippen LogP contribution in [0.25, 0.3) is 16.9 Å². The molecule has 1 saturated heterocycles. The number of nitrogens with one attached hydrogen (secondary N) is 2. The predicted octanol–water partition coefficient (Wildman–Crippen LogP) is 3.41. The number of pyridine rings is 2. The highest BCUT2D eigenvalue weighted by Crippen LogP contribution is 2.29. The maximum atomic E-state index is 14.7. The lowest BCUT2D eigenvalue weighted by Crippen LogP contribution is -2.36. The van der Waals surface area contributed by atoms with Gasteiger partial charge in [0.2, 0.25) is 5.56 Å². The van der Waals surface area contributed by atoms with Gasteiger partial charge in [-0.15, -0.1) is 0 Å². The number of rotatable bonds is 4. The first-order chi connectivity index (χ1) is 14.7. The van der Waals surface area contributed by atoms with Crippen molar-refractivity contribution >= 4 is 22.7 Å². The number of fused-ring (bicyclic) bond motifs is 1. The third-order valence-electron chi connectivity index (χ3n) is 5.21. The molecule has 30 heavy (non-hydrogen) atoms. The lowest BCUT2D eigenvalue weighted by molar-refractivity contribution is 0.122. The topological polar surface area (TPSA) is 74.7 Å². The highest BCUT2D eigenvalue weighted by Gasteiger charge is 2.16. The van der Waals surface area contributed by atoms with Crippen molar-refractivity contribution in [3.05, 3.63) is 77.2 Å². The SMILES string of the molecule is O=c1ccc(-c2ccc(Nc3ccc(N4CCOCC4)c(F)c3)c3nccn23)c[nH]1. The van der Waals surface area contributed by atoms with Gasteiger partial charge >= 0.3 is 0 Å². The summed E-state index contributed by atoms with van der Waals surface area (Å²) in [4.78, 5) is 20.5. The highest BCUT2D eigenvalue weighted by atomic mass is 19.1. The second kappa shape index (κ2) is 7.64. The molecule has 0 atom stereocenters. The molecule has 0 unspecified atom stereocenters. The van der Waals surface area contributed by atoms with Gasteiger partial charge in [-0.25, -0.2) is 9.37 Å². The summed E-state index contributed by atoms with van der Waals surface area (Å²) < 4.78 is 22.0. The molecule has 1 aliphatic rings. The van der Waals surface area contributed by atoms with E-state index in [9.17, 15) is 9.18 Å². The average molecular weight is 405 g/mol. The van der Waals surface area contributed by atoms with Crippen molar-refractivity contribution in [2.45, 2.75) is 0 Å². The molecule has 7 nitrogen and oxygen atoms in total. The van der Waals surface area contributed by atoms with Crippen LogP contribution in [0.3, 0.4) is 0 Å². The number of ether oxygens (including phenoxy) is 1. The van der Waals surface area contributed by atoms with Crippen molar-refractivity contribution in [2.24, 2.45) is 0 Å². The maximum absolute atomic E-state index is 14.7. The van der Waals surface area contributed by atoms with E-state index in [1.54, 1.807) is 24.5 Å². The standard InChI is InChI=1S/C22H20FN5O2/c23-17-13-16(2-4-20(17)27-9-11-30-12-10-27)26-18-3-5-19(28-8-7-24-22(18)28)15-1-6-21(29)25-14-15/h1-8,13-14,26H,9-12H2,(H,25,29). The molecule has 0 bridgehead atoms. The molecule has 2 N–H and O–H groups in total. The van der Waals surface area contributed by atoms with E-state index in [4.69, 9.17) is 4.74 Å². The molecule has 4 aromatic rings. The van der Waals surface area contributed by atoms with Crippen LogP contribution in [0.2, 0.25) is 0 Å². The molecule has 152 valence electrons. The molecule has 5 rings (SSSR count). The van der Waals surface area contributed by atoms with Crippen molar-refractivity contribution < 1.29 is 9.13 Å². The maximum Gasteiger partial charge on any atom is 0.247 e. The Morgan fingerprint density at radius 2 is 1.97 bits per heavy atom. The Morgan fingerprint density at radius 3 is 2.73 bits per heavy atom. The first-order valence-electron chi connectivity index (χ1n) is 9.73. The molecular formula is C22H20FN5O2. The fourth-order valence-corrected chi connectivity index (χ4v) is 3.72. The van der Waals surface area contributed by atoms with Gasteiger partial charge in [-0.3, -0.25) is 9.20 Å². The van der Waals surface area contributed by atoms with Gasteiger partial charge in [-0.05, 0) is 36.4 Å². The highest BCUT2D eigenvalue weighted by molar-refractivity contribution is 5.78.